The molecule has 8 nitrogen and oxygen atoms in total. The molecule has 0 fully saturated rings. The Labute approximate surface area is 127 Å². The van der Waals surface area contributed by atoms with Crippen LogP contribution in [0.2, 0.25) is 0 Å². The molecule has 1 atom stereocenters. The zero-order valence-electron chi connectivity index (χ0n) is 11.5. The maximum absolute atomic E-state index is 12.1. The number of aliphatic hydroxyl groups is 2. The Morgan fingerprint density at radius 1 is 1.14 bits per heavy atom. The number of hydrogen-bond acceptors (Lipinski definition) is 7. The minimum atomic E-state index is -3.76. The van der Waals surface area contributed by atoms with Crippen LogP contribution in [0.4, 0.5) is 11.6 Å². The first-order valence-corrected chi connectivity index (χ1v) is 7.92. The molecule has 0 radical (unpaired) electrons. The minimum absolute atomic E-state index is 0.00392. The highest BCUT2D eigenvalue weighted by Crippen LogP contribution is 2.16. The van der Waals surface area contributed by atoms with Crippen molar-refractivity contribution in [1.29, 1.82) is 0 Å². The summed E-state index contributed by atoms with van der Waals surface area (Å²) in [7, 11) is -3.76. The van der Waals surface area contributed by atoms with E-state index < -0.39 is 16.1 Å². The summed E-state index contributed by atoms with van der Waals surface area (Å²) in [5.74, 6) is -0.00392. The van der Waals surface area contributed by atoms with Gasteiger partial charge in [0, 0.05) is 24.6 Å². The quantitative estimate of drug-likeness (QED) is 0.567. The first kappa shape index (κ1) is 16.1. The maximum Gasteiger partial charge on any atom is 0.264 e. The van der Waals surface area contributed by atoms with E-state index in [-0.39, 0.29) is 24.0 Å². The number of nitrogens with one attached hydrogen (secondary N) is 2. The second kappa shape index (κ2) is 7.16. The SMILES string of the molecule is O=S(=O)(Nc1ncccn1)c1ccc(NCC(O)CO)cc1. The van der Waals surface area contributed by atoms with Crippen molar-refractivity contribution < 1.29 is 18.6 Å². The molecule has 22 heavy (non-hydrogen) atoms. The Hall–Kier alpha value is -2.23. The fourth-order valence-electron chi connectivity index (χ4n) is 1.58. The molecule has 1 heterocycles. The molecular weight excluding hydrogens is 308 g/mol. The first-order valence-electron chi connectivity index (χ1n) is 6.44. The van der Waals surface area contributed by atoms with E-state index in [1.54, 1.807) is 18.2 Å². The summed E-state index contributed by atoms with van der Waals surface area (Å²) < 4.78 is 26.6. The van der Waals surface area contributed by atoms with E-state index in [0.717, 1.165) is 0 Å². The van der Waals surface area contributed by atoms with Gasteiger partial charge in [0.25, 0.3) is 10.0 Å². The van der Waals surface area contributed by atoms with Gasteiger partial charge >= 0.3 is 0 Å². The third-order valence-corrected chi connectivity index (χ3v) is 4.05. The second-order valence-electron chi connectivity index (χ2n) is 4.42. The molecule has 1 aromatic heterocycles. The van der Waals surface area contributed by atoms with Crippen LogP contribution < -0.4 is 10.0 Å². The number of nitrogens with zero attached hydrogens (tertiary/aromatic N) is 2. The topological polar surface area (TPSA) is 124 Å². The summed E-state index contributed by atoms with van der Waals surface area (Å²) in [5, 5.41) is 20.8. The monoisotopic (exact) mass is 324 g/mol. The van der Waals surface area contributed by atoms with Gasteiger partial charge in [0.1, 0.15) is 0 Å². The van der Waals surface area contributed by atoms with Gasteiger partial charge in [0.15, 0.2) is 0 Å². The van der Waals surface area contributed by atoms with Gasteiger partial charge in [0.05, 0.1) is 17.6 Å². The van der Waals surface area contributed by atoms with E-state index in [2.05, 4.69) is 20.0 Å². The fourth-order valence-corrected chi connectivity index (χ4v) is 2.54. The molecule has 0 aliphatic heterocycles. The van der Waals surface area contributed by atoms with Crippen LogP contribution in [0.5, 0.6) is 0 Å². The molecule has 0 bridgehead atoms. The number of sulfonamides is 1. The van der Waals surface area contributed by atoms with Crippen LogP contribution in [0.1, 0.15) is 0 Å². The Morgan fingerprint density at radius 3 is 2.36 bits per heavy atom. The lowest BCUT2D eigenvalue weighted by Crippen LogP contribution is -2.23. The molecule has 1 aromatic carbocycles. The second-order valence-corrected chi connectivity index (χ2v) is 6.10. The Bertz CT molecular complexity index is 692. The van der Waals surface area contributed by atoms with Crippen molar-refractivity contribution in [1.82, 2.24) is 9.97 Å². The average Bonchev–Trinajstić information content (AvgIpc) is 2.53. The third kappa shape index (κ3) is 4.38. The number of aromatic nitrogens is 2. The van der Waals surface area contributed by atoms with Crippen LogP contribution in [0.15, 0.2) is 47.6 Å². The number of hydrogen-bond donors (Lipinski definition) is 4. The van der Waals surface area contributed by atoms with E-state index >= 15 is 0 Å². The number of anilines is 2. The third-order valence-electron chi connectivity index (χ3n) is 2.71. The van der Waals surface area contributed by atoms with Gasteiger partial charge < -0.3 is 15.5 Å². The number of benzene rings is 1. The zero-order chi connectivity index (χ0) is 16.0. The van der Waals surface area contributed by atoms with Crippen molar-refractivity contribution in [3.8, 4) is 0 Å². The highest BCUT2D eigenvalue weighted by Gasteiger charge is 2.15. The molecule has 118 valence electrons. The van der Waals surface area contributed by atoms with E-state index in [1.165, 1.54) is 24.5 Å². The van der Waals surface area contributed by atoms with Crippen molar-refractivity contribution in [2.75, 3.05) is 23.2 Å². The van der Waals surface area contributed by atoms with Crippen molar-refractivity contribution in [2.45, 2.75) is 11.0 Å². The zero-order valence-corrected chi connectivity index (χ0v) is 12.4. The molecule has 4 N–H and O–H groups in total. The summed E-state index contributed by atoms with van der Waals surface area (Å²) in [6, 6.07) is 7.53. The van der Waals surface area contributed by atoms with Crippen molar-refractivity contribution >= 4 is 21.7 Å². The molecule has 0 saturated heterocycles. The van der Waals surface area contributed by atoms with Crippen LogP contribution in [0.25, 0.3) is 0 Å². The molecule has 0 aliphatic rings. The summed E-state index contributed by atoms with van der Waals surface area (Å²) >= 11 is 0. The maximum atomic E-state index is 12.1. The number of rotatable bonds is 7. The van der Waals surface area contributed by atoms with Crippen LogP contribution in [-0.2, 0) is 10.0 Å². The summed E-state index contributed by atoms with van der Waals surface area (Å²) in [4.78, 5) is 7.66. The summed E-state index contributed by atoms with van der Waals surface area (Å²) in [6.45, 7) is -0.181. The molecule has 0 aliphatic carbocycles. The molecule has 1 unspecified atom stereocenters. The highest BCUT2D eigenvalue weighted by atomic mass is 32.2. The van der Waals surface area contributed by atoms with Gasteiger partial charge in [-0.15, -0.1) is 0 Å². The van der Waals surface area contributed by atoms with E-state index in [0.29, 0.717) is 5.69 Å². The average molecular weight is 324 g/mol. The van der Waals surface area contributed by atoms with Gasteiger partial charge in [-0.05, 0) is 30.3 Å². The predicted octanol–water partition coefficient (Wildman–Crippen LogP) is 0.0425. The Kier molecular flexibility index (Phi) is 5.26. The van der Waals surface area contributed by atoms with Crippen LogP contribution in [-0.4, -0.2) is 47.9 Å². The van der Waals surface area contributed by atoms with Crippen molar-refractivity contribution in [2.24, 2.45) is 0 Å². The van der Waals surface area contributed by atoms with Gasteiger partial charge in [-0.1, -0.05) is 0 Å². The van der Waals surface area contributed by atoms with Gasteiger partial charge in [-0.2, -0.15) is 0 Å². The molecule has 0 spiro atoms. The van der Waals surface area contributed by atoms with E-state index in [9.17, 15) is 13.5 Å². The van der Waals surface area contributed by atoms with Crippen LogP contribution in [0, 0.1) is 0 Å². The van der Waals surface area contributed by atoms with Gasteiger partial charge in [0.2, 0.25) is 5.95 Å². The minimum Gasteiger partial charge on any atom is -0.394 e. The molecule has 9 heteroatoms. The van der Waals surface area contributed by atoms with E-state index in [1.807, 2.05) is 0 Å². The largest absolute Gasteiger partial charge is 0.394 e. The normalized spacial score (nSPS) is 12.6. The summed E-state index contributed by atoms with van der Waals surface area (Å²) in [5.41, 5.74) is 0.627. The first-order chi connectivity index (χ1) is 10.5. The molecular formula is C13H16N4O4S. The smallest absolute Gasteiger partial charge is 0.264 e. The van der Waals surface area contributed by atoms with Crippen LogP contribution >= 0.6 is 0 Å². The molecule has 0 amide bonds. The van der Waals surface area contributed by atoms with Crippen molar-refractivity contribution in [3.63, 3.8) is 0 Å². The molecule has 2 aromatic rings. The van der Waals surface area contributed by atoms with Crippen LogP contribution in [0.3, 0.4) is 0 Å². The standard InChI is InChI=1S/C13H16N4O4S/c18-9-11(19)8-16-10-2-4-12(5-3-10)22(20,21)17-13-14-6-1-7-15-13/h1-7,11,16,18-19H,8-9H2,(H,14,15,17). The molecule has 2 rings (SSSR count). The highest BCUT2D eigenvalue weighted by molar-refractivity contribution is 7.92. The van der Waals surface area contributed by atoms with Gasteiger partial charge in [-0.3, -0.25) is 0 Å². The lowest BCUT2D eigenvalue weighted by atomic mass is 10.3. The van der Waals surface area contributed by atoms with Crippen molar-refractivity contribution in [3.05, 3.63) is 42.7 Å². The Balaban J connectivity index is 2.06. The predicted molar refractivity (Wildman–Crippen MR) is 80.9 cm³/mol. The lowest BCUT2D eigenvalue weighted by molar-refractivity contribution is 0.105. The number of aliphatic hydroxyl groups excluding tert-OH is 2. The van der Waals surface area contributed by atoms with E-state index in [4.69, 9.17) is 5.11 Å². The Morgan fingerprint density at radius 2 is 1.77 bits per heavy atom. The van der Waals surface area contributed by atoms with Gasteiger partial charge in [-0.25, -0.2) is 23.1 Å². The fraction of sp³-hybridized carbons (Fsp3) is 0.231. The molecule has 0 saturated carbocycles. The lowest BCUT2D eigenvalue weighted by Gasteiger charge is -2.11. The summed E-state index contributed by atoms with van der Waals surface area (Å²) in [6.07, 6.45) is 2.00.